The van der Waals surface area contributed by atoms with Gasteiger partial charge in [0, 0.05) is 11.5 Å². The highest BCUT2D eigenvalue weighted by atomic mass is 16.5. The van der Waals surface area contributed by atoms with Gasteiger partial charge in [-0.25, -0.2) is 0 Å². The molecule has 0 spiro atoms. The van der Waals surface area contributed by atoms with Crippen LogP contribution in [0.25, 0.3) is 0 Å². The van der Waals surface area contributed by atoms with Crippen molar-refractivity contribution in [1.29, 1.82) is 0 Å². The average molecular weight is 310 g/mol. The number of ether oxygens (including phenoxy) is 1. The second-order valence-electron chi connectivity index (χ2n) is 5.94. The first-order valence-corrected chi connectivity index (χ1v) is 8.55. The highest BCUT2D eigenvalue weighted by Gasteiger charge is 2.18. The van der Waals surface area contributed by atoms with Gasteiger partial charge in [-0.2, -0.15) is 0 Å². The molecule has 0 N–H and O–H groups in total. The Morgan fingerprint density at radius 2 is 1.65 bits per heavy atom. The summed E-state index contributed by atoms with van der Waals surface area (Å²) in [4.78, 5) is 12.7. The number of ketones is 1. The zero-order valence-electron chi connectivity index (χ0n) is 14.1. The van der Waals surface area contributed by atoms with Crippen LogP contribution in [0.2, 0.25) is 0 Å². The van der Waals surface area contributed by atoms with E-state index >= 15 is 0 Å². The Morgan fingerprint density at radius 1 is 0.957 bits per heavy atom. The fraction of sp³-hybridized carbons (Fsp3) is 0.381. The quantitative estimate of drug-likeness (QED) is 0.558. The third-order valence-corrected chi connectivity index (χ3v) is 4.01. The van der Waals surface area contributed by atoms with Crippen molar-refractivity contribution in [2.24, 2.45) is 5.92 Å². The molecule has 122 valence electrons. The minimum absolute atomic E-state index is 0.134. The van der Waals surface area contributed by atoms with Gasteiger partial charge in [0.05, 0.1) is 0 Å². The molecule has 23 heavy (non-hydrogen) atoms. The highest BCUT2D eigenvalue weighted by Crippen LogP contribution is 2.22. The highest BCUT2D eigenvalue weighted by molar-refractivity contribution is 5.98. The van der Waals surface area contributed by atoms with E-state index < -0.39 is 0 Å². The zero-order chi connectivity index (χ0) is 16.5. The molecule has 0 amide bonds. The summed E-state index contributed by atoms with van der Waals surface area (Å²) < 4.78 is 5.83. The van der Waals surface area contributed by atoms with Crippen molar-refractivity contribution < 1.29 is 9.53 Å². The molecule has 0 unspecified atom stereocenters. The fourth-order valence-electron chi connectivity index (χ4n) is 2.82. The predicted octanol–water partition coefficient (Wildman–Crippen LogP) is 5.66. The van der Waals surface area contributed by atoms with Crippen LogP contribution in [-0.4, -0.2) is 5.78 Å². The molecule has 0 saturated heterocycles. The first-order valence-electron chi connectivity index (χ1n) is 8.55. The first kappa shape index (κ1) is 17.3. The number of rotatable bonds is 9. The summed E-state index contributed by atoms with van der Waals surface area (Å²) in [5.74, 6) is 1.14. The molecular weight excluding hydrogens is 284 g/mol. The minimum Gasteiger partial charge on any atom is -0.489 e. The Balaban J connectivity index is 2.04. The topological polar surface area (TPSA) is 26.3 Å². The lowest BCUT2D eigenvalue weighted by Gasteiger charge is -2.15. The SMILES string of the molecule is CCCC(CCC)C(=O)c1cccc(OCc2ccccc2)c1. The molecule has 0 aliphatic heterocycles. The van der Waals surface area contributed by atoms with Gasteiger partial charge >= 0.3 is 0 Å². The molecule has 2 rings (SSSR count). The molecule has 0 aromatic heterocycles. The van der Waals surface area contributed by atoms with E-state index in [1.807, 2.05) is 54.6 Å². The lowest BCUT2D eigenvalue weighted by molar-refractivity contribution is 0.0904. The normalized spacial score (nSPS) is 10.7. The van der Waals surface area contributed by atoms with Crippen LogP contribution in [0.1, 0.15) is 55.5 Å². The average Bonchev–Trinajstić information content (AvgIpc) is 2.60. The van der Waals surface area contributed by atoms with E-state index in [0.717, 1.165) is 42.6 Å². The summed E-state index contributed by atoms with van der Waals surface area (Å²) in [5, 5.41) is 0. The Kier molecular flexibility index (Phi) is 6.86. The molecule has 2 nitrogen and oxygen atoms in total. The van der Waals surface area contributed by atoms with Crippen LogP contribution in [0, 0.1) is 5.92 Å². The number of Topliss-reactive ketones (excluding diaryl/α,β-unsaturated/α-hetero) is 1. The lowest BCUT2D eigenvalue weighted by atomic mass is 9.90. The second-order valence-corrected chi connectivity index (χ2v) is 5.94. The largest absolute Gasteiger partial charge is 0.489 e. The van der Waals surface area contributed by atoms with Crippen molar-refractivity contribution in [1.82, 2.24) is 0 Å². The maximum Gasteiger partial charge on any atom is 0.166 e. The smallest absolute Gasteiger partial charge is 0.166 e. The predicted molar refractivity (Wildman–Crippen MR) is 94.9 cm³/mol. The summed E-state index contributed by atoms with van der Waals surface area (Å²) in [6.45, 7) is 4.79. The lowest BCUT2D eigenvalue weighted by Crippen LogP contribution is -2.14. The standard InChI is InChI=1S/C21H26O2/c1-3-9-18(10-4-2)21(22)19-13-8-14-20(15-19)23-16-17-11-6-5-7-12-17/h5-8,11-15,18H,3-4,9-10,16H2,1-2H3. The van der Waals surface area contributed by atoms with E-state index in [4.69, 9.17) is 4.74 Å². The van der Waals surface area contributed by atoms with E-state index in [-0.39, 0.29) is 11.7 Å². The first-order chi connectivity index (χ1) is 11.2. The van der Waals surface area contributed by atoms with Gasteiger partial charge in [0.25, 0.3) is 0 Å². The van der Waals surface area contributed by atoms with Gasteiger partial charge in [0.15, 0.2) is 5.78 Å². The van der Waals surface area contributed by atoms with E-state index in [0.29, 0.717) is 6.61 Å². The summed E-state index contributed by atoms with van der Waals surface area (Å²) >= 11 is 0. The van der Waals surface area contributed by atoms with E-state index in [1.54, 1.807) is 0 Å². The summed E-state index contributed by atoms with van der Waals surface area (Å²) in [6.07, 6.45) is 4.00. The number of hydrogen-bond donors (Lipinski definition) is 0. The Labute approximate surface area is 139 Å². The number of benzene rings is 2. The van der Waals surface area contributed by atoms with Crippen LogP contribution in [0.3, 0.4) is 0 Å². The maximum absolute atomic E-state index is 12.7. The molecule has 0 heterocycles. The van der Waals surface area contributed by atoms with E-state index in [9.17, 15) is 4.79 Å². The molecular formula is C21H26O2. The van der Waals surface area contributed by atoms with Gasteiger partial charge < -0.3 is 4.74 Å². The molecule has 0 atom stereocenters. The third-order valence-electron chi connectivity index (χ3n) is 4.01. The third kappa shape index (κ3) is 5.24. The van der Waals surface area contributed by atoms with Crippen LogP contribution in [-0.2, 0) is 6.61 Å². The van der Waals surface area contributed by atoms with Crippen molar-refractivity contribution in [3.8, 4) is 5.75 Å². The molecule has 2 heteroatoms. The summed E-state index contributed by atoms with van der Waals surface area (Å²) in [7, 11) is 0. The molecule has 2 aromatic carbocycles. The van der Waals surface area contributed by atoms with Crippen LogP contribution >= 0.6 is 0 Å². The van der Waals surface area contributed by atoms with E-state index in [1.165, 1.54) is 0 Å². The maximum atomic E-state index is 12.7. The van der Waals surface area contributed by atoms with Crippen LogP contribution in [0.5, 0.6) is 5.75 Å². The summed E-state index contributed by atoms with van der Waals surface area (Å²) in [5.41, 5.74) is 1.89. The van der Waals surface area contributed by atoms with Crippen molar-refractivity contribution >= 4 is 5.78 Å². The Morgan fingerprint density at radius 3 is 2.30 bits per heavy atom. The minimum atomic E-state index is 0.134. The van der Waals surface area contributed by atoms with Crippen LogP contribution < -0.4 is 4.74 Å². The molecule has 0 saturated carbocycles. The van der Waals surface area contributed by atoms with Gasteiger partial charge in [-0.05, 0) is 30.5 Å². The summed E-state index contributed by atoms with van der Waals surface area (Å²) in [6, 6.07) is 17.7. The molecule has 0 aliphatic rings. The van der Waals surface area contributed by atoms with Gasteiger partial charge in [-0.15, -0.1) is 0 Å². The van der Waals surface area contributed by atoms with Crippen LogP contribution in [0.4, 0.5) is 0 Å². The molecule has 2 aromatic rings. The number of carbonyl (C=O) groups is 1. The molecule has 0 fully saturated rings. The van der Waals surface area contributed by atoms with Gasteiger partial charge in [-0.1, -0.05) is 69.2 Å². The monoisotopic (exact) mass is 310 g/mol. The Hall–Kier alpha value is -2.09. The van der Waals surface area contributed by atoms with Crippen molar-refractivity contribution in [3.63, 3.8) is 0 Å². The van der Waals surface area contributed by atoms with Gasteiger partial charge in [0.1, 0.15) is 12.4 Å². The van der Waals surface area contributed by atoms with Crippen molar-refractivity contribution in [2.45, 2.75) is 46.1 Å². The molecule has 0 aliphatic carbocycles. The van der Waals surface area contributed by atoms with E-state index in [2.05, 4.69) is 13.8 Å². The number of carbonyl (C=O) groups excluding carboxylic acids is 1. The van der Waals surface area contributed by atoms with Crippen molar-refractivity contribution in [3.05, 3.63) is 65.7 Å². The zero-order valence-corrected chi connectivity index (χ0v) is 14.1. The Bertz CT molecular complexity index is 598. The fourth-order valence-corrected chi connectivity index (χ4v) is 2.82. The van der Waals surface area contributed by atoms with Gasteiger partial charge in [0.2, 0.25) is 0 Å². The second kappa shape index (κ2) is 9.14. The molecule has 0 bridgehead atoms. The number of hydrogen-bond acceptors (Lipinski definition) is 2. The van der Waals surface area contributed by atoms with Crippen molar-refractivity contribution in [2.75, 3.05) is 0 Å². The molecule has 0 radical (unpaired) electrons. The van der Waals surface area contributed by atoms with Gasteiger partial charge in [-0.3, -0.25) is 4.79 Å². The van der Waals surface area contributed by atoms with Crippen LogP contribution in [0.15, 0.2) is 54.6 Å².